The number of ketones is 1. The first-order valence-electron chi connectivity index (χ1n) is 10.6. The molecule has 0 heterocycles. The van der Waals surface area contributed by atoms with Crippen LogP contribution in [0, 0.1) is 5.92 Å². The molecule has 0 unspecified atom stereocenters. The van der Waals surface area contributed by atoms with Gasteiger partial charge in [0.25, 0.3) is 0 Å². The van der Waals surface area contributed by atoms with E-state index in [9.17, 15) is 9.90 Å². The van der Waals surface area contributed by atoms with Crippen LogP contribution < -0.4 is 0 Å². The lowest BCUT2D eigenvalue weighted by molar-refractivity contribution is -0.116. The minimum atomic E-state index is 0.102. The van der Waals surface area contributed by atoms with Gasteiger partial charge in [-0.25, -0.2) is 0 Å². The molecular formula is C22H39NO2S. The summed E-state index contributed by atoms with van der Waals surface area (Å²) in [6.45, 7) is 9.47. The number of nitrogens with zero attached hydrogens (tertiary/aromatic N) is 1. The normalized spacial score (nSPS) is 22.7. The van der Waals surface area contributed by atoms with Gasteiger partial charge in [-0.15, -0.1) is 0 Å². The van der Waals surface area contributed by atoms with E-state index in [1.807, 2.05) is 18.7 Å². The first-order chi connectivity index (χ1) is 12.5. The Kier molecular flexibility index (Phi) is 12.0. The summed E-state index contributed by atoms with van der Waals surface area (Å²) in [6, 6.07) is 0. The number of thioether (sulfide) groups is 1. The molecule has 1 fully saturated rings. The molecule has 1 N–H and O–H groups in total. The molecule has 0 aliphatic heterocycles. The van der Waals surface area contributed by atoms with Crippen LogP contribution in [-0.2, 0) is 4.79 Å². The third-order valence-electron chi connectivity index (χ3n) is 4.98. The lowest BCUT2D eigenvalue weighted by atomic mass is 9.80. The Labute approximate surface area is 165 Å². The van der Waals surface area contributed by atoms with E-state index in [0.717, 1.165) is 43.7 Å². The maximum absolute atomic E-state index is 12.7. The maximum atomic E-state index is 12.7. The van der Waals surface area contributed by atoms with Crippen LogP contribution in [-0.4, -0.2) is 34.1 Å². The average molecular weight is 382 g/mol. The molecule has 4 heteroatoms. The zero-order chi connectivity index (χ0) is 19.4. The molecule has 3 nitrogen and oxygen atoms in total. The second kappa shape index (κ2) is 13.4. The Morgan fingerprint density at radius 1 is 1.15 bits per heavy atom. The molecule has 1 aliphatic rings. The van der Waals surface area contributed by atoms with Crippen molar-refractivity contribution in [2.45, 2.75) is 97.2 Å². The summed E-state index contributed by atoms with van der Waals surface area (Å²) in [4.78, 5) is 17.5. The van der Waals surface area contributed by atoms with E-state index in [0.29, 0.717) is 29.6 Å². The van der Waals surface area contributed by atoms with E-state index in [1.54, 1.807) is 0 Å². The first-order valence-corrected chi connectivity index (χ1v) is 11.7. The highest BCUT2D eigenvalue weighted by molar-refractivity contribution is 7.99. The quantitative estimate of drug-likeness (QED) is 0.238. The Morgan fingerprint density at radius 3 is 2.54 bits per heavy atom. The molecule has 0 amide bonds. The zero-order valence-corrected chi connectivity index (χ0v) is 18.2. The summed E-state index contributed by atoms with van der Waals surface area (Å²) < 4.78 is 0. The molecular weight excluding hydrogens is 342 g/mol. The molecule has 0 aromatic carbocycles. The van der Waals surface area contributed by atoms with Gasteiger partial charge < -0.3 is 5.11 Å². The van der Waals surface area contributed by atoms with Gasteiger partial charge in [0, 0.05) is 30.3 Å². The number of rotatable bonds is 12. The third kappa shape index (κ3) is 8.28. The minimum absolute atomic E-state index is 0.102. The largest absolute Gasteiger partial charge is 0.511 e. The van der Waals surface area contributed by atoms with E-state index in [1.165, 1.54) is 25.7 Å². The fraction of sp³-hybridized carbons (Fsp3) is 0.818. The first kappa shape index (κ1) is 23.3. The average Bonchev–Trinajstić information content (AvgIpc) is 2.58. The van der Waals surface area contributed by atoms with Crippen LogP contribution >= 0.6 is 11.8 Å². The molecule has 0 radical (unpaired) electrons. The van der Waals surface area contributed by atoms with Crippen LogP contribution in [0.25, 0.3) is 0 Å². The summed E-state index contributed by atoms with van der Waals surface area (Å²) >= 11 is 1.96. The van der Waals surface area contributed by atoms with Crippen molar-refractivity contribution in [2.24, 2.45) is 10.9 Å². The lowest BCUT2D eigenvalue weighted by Crippen LogP contribution is -2.29. The van der Waals surface area contributed by atoms with E-state index >= 15 is 0 Å². The molecule has 0 bridgehead atoms. The predicted molar refractivity (Wildman–Crippen MR) is 116 cm³/mol. The fourth-order valence-corrected chi connectivity index (χ4v) is 4.70. The van der Waals surface area contributed by atoms with Gasteiger partial charge >= 0.3 is 0 Å². The zero-order valence-electron chi connectivity index (χ0n) is 17.4. The van der Waals surface area contributed by atoms with Crippen molar-refractivity contribution in [3.63, 3.8) is 0 Å². The molecule has 1 rings (SSSR count). The number of aliphatic hydroxyl groups excluding tert-OH is 1. The Hall–Kier alpha value is -0.770. The molecule has 0 aromatic rings. The van der Waals surface area contributed by atoms with Gasteiger partial charge in [-0.2, -0.15) is 11.8 Å². The topological polar surface area (TPSA) is 49.7 Å². The molecule has 0 spiro atoms. The molecule has 1 saturated carbocycles. The number of aliphatic hydroxyl groups is 1. The van der Waals surface area contributed by atoms with E-state index in [4.69, 9.17) is 4.99 Å². The van der Waals surface area contributed by atoms with Crippen LogP contribution in [0.4, 0.5) is 0 Å². The molecule has 0 aromatic heterocycles. The summed E-state index contributed by atoms with van der Waals surface area (Å²) in [5, 5.41) is 11.0. The number of hydrogen-bond acceptors (Lipinski definition) is 4. The van der Waals surface area contributed by atoms with Gasteiger partial charge in [-0.05, 0) is 37.4 Å². The summed E-state index contributed by atoms with van der Waals surface area (Å²) in [5.74, 6) is 1.85. The SMILES string of the molecule is CCCCCCCN=C1C[C@H](C[C@H](C)SCC)CC(=O)C1=C(O)CCC. The van der Waals surface area contributed by atoms with Crippen LogP contribution in [0.3, 0.4) is 0 Å². The van der Waals surface area contributed by atoms with Crippen LogP contribution in [0.2, 0.25) is 0 Å². The van der Waals surface area contributed by atoms with Crippen molar-refractivity contribution in [3.8, 4) is 0 Å². The number of unbranched alkanes of at least 4 members (excludes halogenated alkanes) is 4. The molecule has 2 atom stereocenters. The van der Waals surface area contributed by atoms with Gasteiger partial charge in [0.1, 0.15) is 5.76 Å². The van der Waals surface area contributed by atoms with Crippen molar-refractivity contribution in [1.82, 2.24) is 0 Å². The Balaban J connectivity index is 2.80. The second-order valence-corrected chi connectivity index (χ2v) is 9.23. The Morgan fingerprint density at radius 2 is 1.88 bits per heavy atom. The van der Waals surface area contributed by atoms with Crippen molar-refractivity contribution < 1.29 is 9.90 Å². The number of aliphatic imine (C=N–C) groups is 1. The standard InChI is InChI=1S/C22H39NO2S/c1-5-8-9-10-11-13-23-19-15-18(14-17(4)26-7-3)16-21(25)22(19)20(24)12-6-2/h17-18,24H,5-16H2,1-4H3/t17-,18-/m0/s1. The number of carbonyl (C=O) groups is 1. The van der Waals surface area contributed by atoms with E-state index < -0.39 is 0 Å². The summed E-state index contributed by atoms with van der Waals surface area (Å²) in [7, 11) is 0. The number of carbonyl (C=O) groups excluding carboxylic acids is 1. The van der Waals surface area contributed by atoms with Crippen LogP contribution in [0.5, 0.6) is 0 Å². The molecule has 1 aliphatic carbocycles. The van der Waals surface area contributed by atoms with Crippen LogP contribution in [0.15, 0.2) is 16.3 Å². The van der Waals surface area contributed by atoms with Crippen molar-refractivity contribution in [2.75, 3.05) is 12.3 Å². The van der Waals surface area contributed by atoms with Gasteiger partial charge in [0.05, 0.1) is 5.57 Å². The lowest BCUT2D eigenvalue weighted by Gasteiger charge is -2.27. The summed E-state index contributed by atoms with van der Waals surface area (Å²) in [6.07, 6.45) is 9.96. The second-order valence-electron chi connectivity index (χ2n) is 7.51. The minimum Gasteiger partial charge on any atom is -0.511 e. The number of allylic oxidation sites excluding steroid dienone is 2. The Bertz CT molecular complexity index is 485. The molecule has 0 saturated heterocycles. The van der Waals surface area contributed by atoms with Gasteiger partial charge in [0.15, 0.2) is 5.78 Å². The molecule has 150 valence electrons. The van der Waals surface area contributed by atoms with Gasteiger partial charge in [-0.1, -0.05) is 53.4 Å². The fourth-order valence-electron chi connectivity index (χ4n) is 3.72. The van der Waals surface area contributed by atoms with Crippen molar-refractivity contribution in [3.05, 3.63) is 11.3 Å². The van der Waals surface area contributed by atoms with Gasteiger partial charge in [-0.3, -0.25) is 9.79 Å². The monoisotopic (exact) mass is 381 g/mol. The molecule has 26 heavy (non-hydrogen) atoms. The van der Waals surface area contributed by atoms with Crippen molar-refractivity contribution in [1.29, 1.82) is 0 Å². The van der Waals surface area contributed by atoms with Gasteiger partial charge in [0.2, 0.25) is 0 Å². The third-order valence-corrected chi connectivity index (χ3v) is 6.07. The summed E-state index contributed by atoms with van der Waals surface area (Å²) in [5.41, 5.74) is 1.42. The van der Waals surface area contributed by atoms with E-state index in [-0.39, 0.29) is 11.5 Å². The number of hydrogen-bond donors (Lipinski definition) is 1. The maximum Gasteiger partial charge on any atom is 0.168 e. The van der Waals surface area contributed by atoms with E-state index in [2.05, 4.69) is 20.8 Å². The number of Topliss-reactive ketones (excluding diaryl/α,β-unsaturated/α-hetero) is 1. The highest BCUT2D eigenvalue weighted by atomic mass is 32.2. The van der Waals surface area contributed by atoms with Crippen LogP contribution in [0.1, 0.15) is 91.9 Å². The smallest absolute Gasteiger partial charge is 0.168 e. The van der Waals surface area contributed by atoms with Crippen molar-refractivity contribution >= 4 is 23.3 Å². The highest BCUT2D eigenvalue weighted by Gasteiger charge is 2.31. The predicted octanol–water partition coefficient (Wildman–Crippen LogP) is 6.52. The highest BCUT2D eigenvalue weighted by Crippen LogP contribution is 2.32.